The highest BCUT2D eigenvalue weighted by atomic mass is 16.6. The molecule has 2 rings (SSSR count). The van der Waals surface area contributed by atoms with Crippen LogP contribution < -0.4 is 5.01 Å². The summed E-state index contributed by atoms with van der Waals surface area (Å²) in [6.07, 6.45) is 3.11. The van der Waals surface area contributed by atoms with Crippen LogP contribution in [0.2, 0.25) is 0 Å². The van der Waals surface area contributed by atoms with E-state index in [0.717, 1.165) is 30.6 Å². The summed E-state index contributed by atoms with van der Waals surface area (Å²) < 4.78 is 0. The van der Waals surface area contributed by atoms with Crippen molar-refractivity contribution in [1.29, 1.82) is 0 Å². The molecule has 5 nitrogen and oxygen atoms in total. The molecule has 1 aliphatic rings. The molecule has 82 valence electrons. The Balaban J connectivity index is 2.09. The number of hydrogen-bond acceptors (Lipinski definition) is 4. The van der Waals surface area contributed by atoms with Crippen LogP contribution in [0.15, 0.2) is 47.7 Å². The topological polar surface area (TPSA) is 58.7 Å². The normalized spacial score (nSPS) is 15.5. The lowest BCUT2D eigenvalue weighted by Gasteiger charge is -2.12. The number of para-hydroxylation sites is 1. The first-order chi connectivity index (χ1) is 7.75. The summed E-state index contributed by atoms with van der Waals surface area (Å²) in [6, 6.07) is 9.75. The molecule has 0 saturated carbocycles. The van der Waals surface area contributed by atoms with Gasteiger partial charge in [0.2, 0.25) is 6.20 Å². The quantitative estimate of drug-likeness (QED) is 0.575. The number of allylic oxidation sites excluding steroid dienone is 1. The third kappa shape index (κ3) is 2.44. The van der Waals surface area contributed by atoms with Crippen LogP contribution in [0, 0.1) is 10.1 Å². The zero-order valence-electron chi connectivity index (χ0n) is 8.61. The van der Waals surface area contributed by atoms with Gasteiger partial charge in [-0.2, -0.15) is 5.10 Å². The van der Waals surface area contributed by atoms with Crippen molar-refractivity contribution in [3.63, 3.8) is 0 Å². The molecular weight excluding hydrogens is 206 g/mol. The summed E-state index contributed by atoms with van der Waals surface area (Å²) >= 11 is 0. The Morgan fingerprint density at radius 3 is 2.81 bits per heavy atom. The lowest BCUT2D eigenvalue weighted by atomic mass is 10.2. The average Bonchev–Trinajstić information content (AvgIpc) is 2.76. The van der Waals surface area contributed by atoms with Gasteiger partial charge in [0, 0.05) is 19.0 Å². The van der Waals surface area contributed by atoms with E-state index in [9.17, 15) is 10.1 Å². The first kappa shape index (κ1) is 10.4. The minimum absolute atomic E-state index is 0.478. The largest absolute Gasteiger partial charge is 0.265 e. The van der Waals surface area contributed by atoms with E-state index in [0.29, 0.717) is 0 Å². The molecule has 5 heteroatoms. The van der Waals surface area contributed by atoms with Gasteiger partial charge in [0.05, 0.1) is 16.3 Å². The Morgan fingerprint density at radius 2 is 2.12 bits per heavy atom. The Morgan fingerprint density at radius 1 is 1.38 bits per heavy atom. The van der Waals surface area contributed by atoms with E-state index in [2.05, 4.69) is 5.10 Å². The minimum atomic E-state index is -0.478. The van der Waals surface area contributed by atoms with Crippen molar-refractivity contribution in [1.82, 2.24) is 0 Å². The lowest BCUT2D eigenvalue weighted by Crippen LogP contribution is -2.11. The molecule has 16 heavy (non-hydrogen) atoms. The number of nitro groups is 1. The number of nitrogens with zero attached hydrogens (tertiary/aromatic N) is 3. The van der Waals surface area contributed by atoms with Gasteiger partial charge in [0.15, 0.2) is 0 Å². The molecule has 0 unspecified atom stereocenters. The molecular formula is C11H11N3O2. The molecule has 0 radical (unpaired) electrons. The Hall–Kier alpha value is -2.17. The maximum Gasteiger partial charge on any atom is 0.236 e. The lowest BCUT2D eigenvalue weighted by molar-refractivity contribution is -0.402. The molecule has 0 spiro atoms. The number of anilines is 1. The van der Waals surface area contributed by atoms with Crippen LogP contribution in [0.1, 0.15) is 6.42 Å². The van der Waals surface area contributed by atoms with Gasteiger partial charge in [-0.15, -0.1) is 0 Å². The van der Waals surface area contributed by atoms with Crippen LogP contribution in [0.25, 0.3) is 0 Å². The minimum Gasteiger partial charge on any atom is -0.265 e. The summed E-state index contributed by atoms with van der Waals surface area (Å²) in [5.74, 6) is 0. The van der Waals surface area contributed by atoms with Gasteiger partial charge in [0.25, 0.3) is 0 Å². The van der Waals surface area contributed by atoms with Gasteiger partial charge in [-0.05, 0) is 12.1 Å². The molecule has 0 N–H and O–H groups in total. The highest BCUT2D eigenvalue weighted by Crippen LogP contribution is 2.18. The van der Waals surface area contributed by atoms with Gasteiger partial charge < -0.3 is 0 Å². The maximum atomic E-state index is 10.2. The highest BCUT2D eigenvalue weighted by molar-refractivity contribution is 5.97. The highest BCUT2D eigenvalue weighted by Gasteiger charge is 2.14. The van der Waals surface area contributed by atoms with E-state index >= 15 is 0 Å². The molecule has 0 fully saturated rings. The maximum absolute atomic E-state index is 10.2. The number of rotatable bonds is 3. The van der Waals surface area contributed by atoms with Crippen LogP contribution in [-0.2, 0) is 0 Å². The number of benzene rings is 1. The van der Waals surface area contributed by atoms with Crippen LogP contribution in [-0.4, -0.2) is 17.2 Å². The van der Waals surface area contributed by atoms with Gasteiger partial charge >= 0.3 is 0 Å². The van der Waals surface area contributed by atoms with Crippen molar-refractivity contribution in [2.75, 3.05) is 11.6 Å². The Bertz CT molecular complexity index is 440. The summed E-state index contributed by atoms with van der Waals surface area (Å²) in [5, 5.41) is 16.3. The van der Waals surface area contributed by atoms with Crippen LogP contribution >= 0.6 is 0 Å². The predicted molar refractivity (Wildman–Crippen MR) is 62.0 cm³/mol. The van der Waals surface area contributed by atoms with Gasteiger partial charge in [0.1, 0.15) is 0 Å². The second-order valence-electron chi connectivity index (χ2n) is 3.40. The SMILES string of the molecule is O=[N+]([O-])C=CC1=NN(c2ccccc2)CC1. The first-order valence-electron chi connectivity index (χ1n) is 4.97. The Kier molecular flexibility index (Phi) is 2.95. The van der Waals surface area contributed by atoms with E-state index in [-0.39, 0.29) is 0 Å². The molecule has 0 aliphatic carbocycles. The van der Waals surface area contributed by atoms with Crippen molar-refractivity contribution in [2.24, 2.45) is 5.10 Å². The molecule has 0 aromatic heterocycles. The second-order valence-corrected chi connectivity index (χ2v) is 3.40. The van der Waals surface area contributed by atoms with E-state index in [1.807, 2.05) is 35.3 Å². The standard InChI is InChI=1S/C11H11N3O2/c15-14(16)9-7-10-6-8-13(12-10)11-4-2-1-3-5-11/h1-5,7,9H,6,8H2. The smallest absolute Gasteiger partial charge is 0.236 e. The van der Waals surface area contributed by atoms with Gasteiger partial charge in [-0.1, -0.05) is 18.2 Å². The fourth-order valence-corrected chi connectivity index (χ4v) is 1.53. The summed E-state index contributed by atoms with van der Waals surface area (Å²) in [4.78, 5) is 9.68. The summed E-state index contributed by atoms with van der Waals surface area (Å²) in [6.45, 7) is 0.765. The molecule has 1 aromatic rings. The summed E-state index contributed by atoms with van der Waals surface area (Å²) in [5.41, 5.74) is 1.74. The average molecular weight is 217 g/mol. The van der Waals surface area contributed by atoms with Gasteiger partial charge in [-0.3, -0.25) is 15.1 Å². The first-order valence-corrected chi connectivity index (χ1v) is 4.97. The van der Waals surface area contributed by atoms with Crippen molar-refractivity contribution < 1.29 is 4.92 Å². The monoisotopic (exact) mass is 217 g/mol. The van der Waals surface area contributed by atoms with Crippen molar-refractivity contribution >= 4 is 11.4 Å². The summed E-state index contributed by atoms with van der Waals surface area (Å²) in [7, 11) is 0. The van der Waals surface area contributed by atoms with E-state index in [4.69, 9.17) is 0 Å². The number of hydrogen-bond donors (Lipinski definition) is 0. The second kappa shape index (κ2) is 4.57. The number of hydrazone groups is 1. The molecule has 0 amide bonds. The fourth-order valence-electron chi connectivity index (χ4n) is 1.53. The van der Waals surface area contributed by atoms with Crippen molar-refractivity contribution in [2.45, 2.75) is 6.42 Å². The predicted octanol–water partition coefficient (Wildman–Crippen LogP) is 2.04. The molecule has 0 atom stereocenters. The molecule has 0 bridgehead atoms. The third-order valence-electron chi connectivity index (χ3n) is 2.27. The fraction of sp³-hybridized carbons (Fsp3) is 0.182. The molecule has 0 saturated heterocycles. The van der Waals surface area contributed by atoms with E-state index in [1.165, 1.54) is 6.08 Å². The van der Waals surface area contributed by atoms with Crippen LogP contribution in [0.5, 0.6) is 0 Å². The molecule has 1 aromatic carbocycles. The third-order valence-corrected chi connectivity index (χ3v) is 2.27. The van der Waals surface area contributed by atoms with Crippen molar-refractivity contribution in [3.05, 3.63) is 52.7 Å². The van der Waals surface area contributed by atoms with E-state index < -0.39 is 4.92 Å². The van der Waals surface area contributed by atoms with Crippen LogP contribution in [0.4, 0.5) is 5.69 Å². The Labute approximate surface area is 92.8 Å². The van der Waals surface area contributed by atoms with E-state index in [1.54, 1.807) is 0 Å². The molecule has 1 heterocycles. The van der Waals surface area contributed by atoms with Crippen LogP contribution in [0.3, 0.4) is 0 Å². The molecule has 1 aliphatic heterocycles. The zero-order valence-corrected chi connectivity index (χ0v) is 8.61. The van der Waals surface area contributed by atoms with Crippen molar-refractivity contribution in [3.8, 4) is 0 Å². The zero-order chi connectivity index (χ0) is 11.4. The van der Waals surface area contributed by atoms with Gasteiger partial charge in [-0.25, -0.2) is 0 Å².